The molecule has 3 amide bonds. The van der Waals surface area contributed by atoms with E-state index in [1.807, 2.05) is 36.4 Å². The van der Waals surface area contributed by atoms with E-state index in [0.29, 0.717) is 5.56 Å². The van der Waals surface area contributed by atoms with E-state index in [2.05, 4.69) is 15.6 Å². The van der Waals surface area contributed by atoms with Gasteiger partial charge in [0.2, 0.25) is 5.91 Å². The van der Waals surface area contributed by atoms with Crippen LogP contribution >= 0.6 is 0 Å². The fourth-order valence-electron chi connectivity index (χ4n) is 4.74. The van der Waals surface area contributed by atoms with Crippen LogP contribution in [0.2, 0.25) is 0 Å². The van der Waals surface area contributed by atoms with E-state index in [9.17, 15) is 24.6 Å². The molecular weight excluding hydrogens is 498 g/mol. The number of phenols is 1. The van der Waals surface area contributed by atoms with Crippen molar-refractivity contribution in [2.45, 2.75) is 50.5 Å². The van der Waals surface area contributed by atoms with Gasteiger partial charge in [0, 0.05) is 42.7 Å². The number of nitrogens with zero attached hydrogens (tertiary/aromatic N) is 2. The van der Waals surface area contributed by atoms with Gasteiger partial charge in [-0.25, -0.2) is 0 Å². The minimum Gasteiger partial charge on any atom is -0.508 e. The molecule has 4 rings (SSSR count). The third kappa shape index (κ3) is 6.78. The van der Waals surface area contributed by atoms with Crippen molar-refractivity contribution in [1.82, 2.24) is 20.5 Å². The second-order valence-corrected chi connectivity index (χ2v) is 9.75. The molecule has 4 unspecified atom stereocenters. The predicted octanol–water partition coefficient (Wildman–Crippen LogP) is 1.04. The maximum Gasteiger partial charge on any atom is 0.254 e. The number of carbonyl (C=O) groups is 3. The Balaban J connectivity index is 1.52. The molecular formula is C29H33N5O5. The van der Waals surface area contributed by atoms with Gasteiger partial charge in [-0.3, -0.25) is 19.4 Å². The molecule has 6 N–H and O–H groups in total. The summed E-state index contributed by atoms with van der Waals surface area (Å²) in [6.07, 6.45) is 2.03. The molecule has 4 atom stereocenters. The third-order valence-electron chi connectivity index (χ3n) is 6.91. The average Bonchev–Trinajstić information content (AvgIpc) is 3.34. The summed E-state index contributed by atoms with van der Waals surface area (Å²) in [6.45, 7) is 1.94. The molecule has 10 nitrogen and oxygen atoms in total. The fraction of sp³-hybridized carbons (Fsp3) is 0.310. The number of likely N-dealkylation sites (tertiary alicyclic amines) is 1. The molecule has 0 spiro atoms. The molecule has 1 saturated heterocycles. The number of phenolic OH excluding ortho intramolecular Hbond substituents is 1. The SMILES string of the molecule is Cc1c(O)cccc1C(=O)NC(Cc1ccccc1)C(O)C(=O)N1CC(N)CC1C(=O)NCc1cccnc1. The summed E-state index contributed by atoms with van der Waals surface area (Å²) in [6, 6.07) is 15.0. The average molecular weight is 532 g/mol. The van der Waals surface area contributed by atoms with Crippen molar-refractivity contribution < 1.29 is 24.6 Å². The number of hydrogen-bond donors (Lipinski definition) is 5. The highest BCUT2D eigenvalue weighted by molar-refractivity contribution is 5.97. The van der Waals surface area contributed by atoms with Crippen molar-refractivity contribution in [3.05, 3.63) is 95.3 Å². The first-order valence-electron chi connectivity index (χ1n) is 12.8. The molecule has 2 aromatic carbocycles. The van der Waals surface area contributed by atoms with Crippen LogP contribution in [0.15, 0.2) is 73.1 Å². The predicted molar refractivity (Wildman–Crippen MR) is 144 cm³/mol. The number of nitrogens with two attached hydrogens (primary N) is 1. The zero-order chi connectivity index (χ0) is 27.9. The van der Waals surface area contributed by atoms with Crippen LogP contribution in [0.5, 0.6) is 5.75 Å². The molecule has 0 aliphatic carbocycles. The zero-order valence-corrected chi connectivity index (χ0v) is 21.7. The lowest BCUT2D eigenvalue weighted by atomic mass is 9.98. The second kappa shape index (κ2) is 12.5. The van der Waals surface area contributed by atoms with Gasteiger partial charge in [0.15, 0.2) is 6.10 Å². The standard InChI is InChI=1S/C29H33N5O5/c1-18-22(10-5-11-25(18)35)27(37)33-23(13-19-7-3-2-4-8-19)26(36)29(39)34-17-21(30)14-24(34)28(38)32-16-20-9-6-12-31-15-20/h2-12,15,21,23-24,26,35-36H,13-14,16-17,30H2,1H3,(H,32,38)(H,33,37). The normalized spacial score (nSPS) is 18.3. The van der Waals surface area contributed by atoms with E-state index in [1.54, 1.807) is 37.5 Å². The Morgan fingerprint density at radius 1 is 1.08 bits per heavy atom. The maximum absolute atomic E-state index is 13.6. The Morgan fingerprint density at radius 3 is 2.54 bits per heavy atom. The lowest BCUT2D eigenvalue weighted by molar-refractivity contribution is -0.146. The van der Waals surface area contributed by atoms with Gasteiger partial charge in [-0.1, -0.05) is 42.5 Å². The maximum atomic E-state index is 13.6. The number of nitrogens with one attached hydrogen (secondary N) is 2. The minimum absolute atomic E-state index is 0.0370. The van der Waals surface area contributed by atoms with Gasteiger partial charge >= 0.3 is 0 Å². The zero-order valence-electron chi connectivity index (χ0n) is 21.7. The van der Waals surface area contributed by atoms with Gasteiger partial charge in [-0.05, 0) is 49.1 Å². The summed E-state index contributed by atoms with van der Waals surface area (Å²) in [5.41, 5.74) is 8.33. The summed E-state index contributed by atoms with van der Waals surface area (Å²) < 4.78 is 0. The first-order chi connectivity index (χ1) is 18.7. The van der Waals surface area contributed by atoms with Crippen LogP contribution in [0.4, 0.5) is 0 Å². The van der Waals surface area contributed by atoms with E-state index in [4.69, 9.17) is 5.73 Å². The Kier molecular flexibility index (Phi) is 8.90. The number of aliphatic hydroxyl groups is 1. The number of aromatic nitrogens is 1. The molecule has 10 heteroatoms. The van der Waals surface area contributed by atoms with E-state index < -0.39 is 36.0 Å². The summed E-state index contributed by atoms with van der Waals surface area (Å²) in [4.78, 5) is 45.1. The lowest BCUT2D eigenvalue weighted by Crippen LogP contribution is -2.55. The molecule has 1 aliphatic rings. The van der Waals surface area contributed by atoms with Crippen LogP contribution in [-0.2, 0) is 22.6 Å². The Labute approximate surface area is 226 Å². The van der Waals surface area contributed by atoms with E-state index in [0.717, 1.165) is 11.1 Å². The van der Waals surface area contributed by atoms with Crippen LogP contribution in [0.3, 0.4) is 0 Å². The van der Waals surface area contributed by atoms with Gasteiger partial charge in [-0.15, -0.1) is 0 Å². The number of rotatable bonds is 9. The topological polar surface area (TPSA) is 158 Å². The van der Waals surface area contributed by atoms with Crippen molar-refractivity contribution in [2.24, 2.45) is 5.73 Å². The molecule has 2 heterocycles. The minimum atomic E-state index is -1.65. The number of pyridine rings is 1. The van der Waals surface area contributed by atoms with Crippen LogP contribution in [0.1, 0.15) is 33.5 Å². The van der Waals surface area contributed by atoms with Gasteiger partial charge in [-0.2, -0.15) is 0 Å². The van der Waals surface area contributed by atoms with Gasteiger partial charge in [0.1, 0.15) is 11.8 Å². The number of benzene rings is 2. The van der Waals surface area contributed by atoms with Crippen molar-refractivity contribution in [2.75, 3.05) is 6.54 Å². The molecule has 0 radical (unpaired) electrons. The van der Waals surface area contributed by atoms with Gasteiger partial charge < -0.3 is 31.5 Å². The first kappa shape index (κ1) is 27.7. The molecule has 0 saturated carbocycles. The summed E-state index contributed by atoms with van der Waals surface area (Å²) in [7, 11) is 0. The molecule has 1 fully saturated rings. The largest absolute Gasteiger partial charge is 0.508 e. The third-order valence-corrected chi connectivity index (χ3v) is 6.91. The summed E-state index contributed by atoms with van der Waals surface area (Å²) in [5.74, 6) is -1.66. The molecule has 204 valence electrons. The Hall–Kier alpha value is -4.28. The highest BCUT2D eigenvalue weighted by Gasteiger charge is 2.42. The Bertz CT molecular complexity index is 1300. The van der Waals surface area contributed by atoms with Crippen LogP contribution in [0.25, 0.3) is 0 Å². The molecule has 1 aromatic heterocycles. The fourth-order valence-corrected chi connectivity index (χ4v) is 4.74. The number of carbonyl (C=O) groups excluding carboxylic acids is 3. The number of amides is 3. The van der Waals surface area contributed by atoms with Crippen LogP contribution < -0.4 is 16.4 Å². The van der Waals surface area contributed by atoms with Crippen LogP contribution in [0, 0.1) is 6.92 Å². The van der Waals surface area contributed by atoms with Crippen LogP contribution in [-0.4, -0.2) is 68.6 Å². The van der Waals surface area contributed by atoms with E-state index >= 15 is 0 Å². The number of aromatic hydroxyl groups is 1. The van der Waals surface area contributed by atoms with Crippen molar-refractivity contribution in [3.8, 4) is 5.75 Å². The molecule has 3 aromatic rings. The summed E-state index contributed by atoms with van der Waals surface area (Å²) in [5, 5.41) is 26.9. The van der Waals surface area contributed by atoms with E-state index in [1.165, 1.54) is 11.0 Å². The quantitative estimate of drug-likeness (QED) is 0.276. The second-order valence-electron chi connectivity index (χ2n) is 9.75. The van der Waals surface area contributed by atoms with Crippen molar-refractivity contribution in [3.63, 3.8) is 0 Å². The van der Waals surface area contributed by atoms with Crippen molar-refractivity contribution >= 4 is 17.7 Å². The highest BCUT2D eigenvalue weighted by Crippen LogP contribution is 2.22. The first-order valence-corrected chi connectivity index (χ1v) is 12.8. The smallest absolute Gasteiger partial charge is 0.254 e. The van der Waals surface area contributed by atoms with Crippen molar-refractivity contribution in [1.29, 1.82) is 0 Å². The monoisotopic (exact) mass is 531 g/mol. The Morgan fingerprint density at radius 2 is 1.82 bits per heavy atom. The molecule has 39 heavy (non-hydrogen) atoms. The van der Waals surface area contributed by atoms with E-state index in [-0.39, 0.29) is 43.2 Å². The van der Waals surface area contributed by atoms with Gasteiger partial charge in [0.05, 0.1) is 6.04 Å². The number of aliphatic hydroxyl groups excluding tert-OH is 1. The summed E-state index contributed by atoms with van der Waals surface area (Å²) >= 11 is 0. The van der Waals surface area contributed by atoms with Gasteiger partial charge in [0.25, 0.3) is 11.8 Å². The lowest BCUT2D eigenvalue weighted by Gasteiger charge is -2.30. The molecule has 1 aliphatic heterocycles. The highest BCUT2D eigenvalue weighted by atomic mass is 16.3. The molecule has 0 bridgehead atoms. The number of hydrogen-bond acceptors (Lipinski definition) is 7.